The highest BCUT2D eigenvalue weighted by Gasteiger charge is 2.44. The fourth-order valence-corrected chi connectivity index (χ4v) is 3.43. The molecule has 2 heteroatoms. The molecular weight excluding hydrogens is 234 g/mol. The lowest BCUT2D eigenvalue weighted by Crippen LogP contribution is -2.24. The number of aliphatic hydroxyl groups excluding tert-OH is 1. The molecule has 0 spiro atoms. The lowest BCUT2D eigenvalue weighted by molar-refractivity contribution is 0.0647. The second-order valence-electron chi connectivity index (χ2n) is 6.46. The summed E-state index contributed by atoms with van der Waals surface area (Å²) in [5, 5.41) is 20.1. The van der Waals surface area contributed by atoms with Crippen molar-refractivity contribution in [2.45, 2.75) is 51.0 Å². The summed E-state index contributed by atoms with van der Waals surface area (Å²) in [5.41, 5.74) is 1.71. The van der Waals surface area contributed by atoms with Crippen molar-refractivity contribution in [3.05, 3.63) is 35.4 Å². The van der Waals surface area contributed by atoms with E-state index in [2.05, 4.69) is 25.1 Å². The van der Waals surface area contributed by atoms with E-state index in [9.17, 15) is 10.4 Å². The molecule has 2 fully saturated rings. The van der Waals surface area contributed by atoms with Crippen LogP contribution in [0.15, 0.2) is 24.3 Å². The van der Waals surface area contributed by atoms with Crippen LogP contribution in [0.25, 0.3) is 0 Å². The average molecular weight is 255 g/mol. The van der Waals surface area contributed by atoms with E-state index in [1.165, 1.54) is 18.4 Å². The predicted molar refractivity (Wildman–Crippen MR) is 74.4 cm³/mol. The molecule has 3 rings (SSSR count). The van der Waals surface area contributed by atoms with Gasteiger partial charge in [0.1, 0.15) is 0 Å². The van der Waals surface area contributed by atoms with Crippen LogP contribution in [0, 0.1) is 22.7 Å². The van der Waals surface area contributed by atoms with Crippen LogP contribution in [0.4, 0.5) is 0 Å². The summed E-state index contributed by atoms with van der Waals surface area (Å²) >= 11 is 0. The van der Waals surface area contributed by atoms with Crippen LogP contribution in [-0.4, -0.2) is 5.11 Å². The Balaban J connectivity index is 1.82. The number of nitriles is 1. The van der Waals surface area contributed by atoms with Gasteiger partial charge < -0.3 is 5.11 Å². The molecule has 0 bridgehead atoms. The standard InChI is InChI=1S/C17H21NO/c1-12-8-9-17(10-12,11-18)16(19)15-6-4-14(5-7-15)13-2-3-13/h4-7,12-13,16,19H,2-3,8-10H2,1H3. The van der Waals surface area contributed by atoms with Gasteiger partial charge in [-0.2, -0.15) is 5.26 Å². The Kier molecular flexibility index (Phi) is 3.11. The molecule has 0 radical (unpaired) electrons. The molecule has 0 aliphatic heterocycles. The first-order chi connectivity index (χ1) is 9.14. The zero-order valence-corrected chi connectivity index (χ0v) is 11.5. The second-order valence-corrected chi connectivity index (χ2v) is 6.46. The highest BCUT2D eigenvalue weighted by Crippen LogP contribution is 2.49. The maximum atomic E-state index is 10.6. The topological polar surface area (TPSA) is 44.0 Å². The smallest absolute Gasteiger partial charge is 0.0976 e. The minimum absolute atomic E-state index is 0.542. The summed E-state index contributed by atoms with van der Waals surface area (Å²) in [6.07, 6.45) is 4.62. The minimum atomic E-state index is -0.643. The Morgan fingerprint density at radius 3 is 2.42 bits per heavy atom. The molecule has 3 unspecified atom stereocenters. The number of hydrogen-bond acceptors (Lipinski definition) is 2. The van der Waals surface area contributed by atoms with E-state index in [0.29, 0.717) is 5.92 Å². The van der Waals surface area contributed by atoms with Gasteiger partial charge in [-0.1, -0.05) is 31.2 Å². The molecule has 1 N–H and O–H groups in total. The minimum Gasteiger partial charge on any atom is -0.387 e. The van der Waals surface area contributed by atoms with Crippen LogP contribution in [0.5, 0.6) is 0 Å². The maximum absolute atomic E-state index is 10.6. The van der Waals surface area contributed by atoms with E-state index in [-0.39, 0.29) is 0 Å². The Bertz CT molecular complexity index is 497. The van der Waals surface area contributed by atoms with Crippen LogP contribution < -0.4 is 0 Å². The van der Waals surface area contributed by atoms with Crippen molar-refractivity contribution >= 4 is 0 Å². The van der Waals surface area contributed by atoms with Gasteiger partial charge in [-0.15, -0.1) is 0 Å². The summed E-state index contributed by atoms with van der Waals surface area (Å²) in [6.45, 7) is 2.17. The molecular formula is C17H21NO. The van der Waals surface area contributed by atoms with Crippen LogP contribution in [0.2, 0.25) is 0 Å². The van der Waals surface area contributed by atoms with Crippen molar-refractivity contribution < 1.29 is 5.11 Å². The molecule has 100 valence electrons. The highest BCUT2D eigenvalue weighted by molar-refractivity contribution is 5.31. The van der Waals surface area contributed by atoms with E-state index in [4.69, 9.17) is 0 Å². The molecule has 1 aromatic rings. The van der Waals surface area contributed by atoms with E-state index >= 15 is 0 Å². The molecule has 2 aliphatic rings. The lowest BCUT2D eigenvalue weighted by atomic mass is 9.78. The van der Waals surface area contributed by atoms with Crippen molar-refractivity contribution in [3.63, 3.8) is 0 Å². The number of aliphatic hydroxyl groups is 1. The molecule has 0 amide bonds. The van der Waals surface area contributed by atoms with Crippen molar-refractivity contribution in [3.8, 4) is 6.07 Å². The van der Waals surface area contributed by atoms with E-state index < -0.39 is 11.5 Å². The van der Waals surface area contributed by atoms with Gasteiger partial charge in [0.15, 0.2) is 0 Å². The van der Waals surface area contributed by atoms with Crippen LogP contribution in [-0.2, 0) is 0 Å². The monoisotopic (exact) mass is 255 g/mol. The van der Waals surface area contributed by atoms with Gasteiger partial charge in [0, 0.05) is 0 Å². The predicted octanol–water partition coefficient (Wildman–Crippen LogP) is 3.93. The van der Waals surface area contributed by atoms with Crippen molar-refractivity contribution in [2.75, 3.05) is 0 Å². The van der Waals surface area contributed by atoms with Crippen LogP contribution in [0.3, 0.4) is 0 Å². The largest absolute Gasteiger partial charge is 0.387 e. The fraction of sp³-hybridized carbons (Fsp3) is 0.588. The molecule has 0 aromatic heterocycles. The summed E-state index contributed by atoms with van der Waals surface area (Å²) in [7, 11) is 0. The number of benzene rings is 1. The fourth-order valence-electron chi connectivity index (χ4n) is 3.43. The lowest BCUT2D eigenvalue weighted by Gasteiger charge is -2.27. The third kappa shape index (κ3) is 2.28. The van der Waals surface area contributed by atoms with Crippen LogP contribution in [0.1, 0.15) is 62.2 Å². The van der Waals surface area contributed by atoms with Gasteiger partial charge in [0.05, 0.1) is 17.6 Å². The molecule has 2 aliphatic carbocycles. The van der Waals surface area contributed by atoms with Gasteiger partial charge in [-0.3, -0.25) is 0 Å². The maximum Gasteiger partial charge on any atom is 0.0976 e. The average Bonchev–Trinajstić information content (AvgIpc) is 3.22. The van der Waals surface area contributed by atoms with E-state index in [0.717, 1.165) is 30.7 Å². The Hall–Kier alpha value is -1.33. The Morgan fingerprint density at radius 1 is 1.26 bits per heavy atom. The van der Waals surface area contributed by atoms with E-state index in [1.807, 2.05) is 12.1 Å². The first-order valence-corrected chi connectivity index (χ1v) is 7.34. The van der Waals surface area contributed by atoms with Crippen molar-refractivity contribution in [2.24, 2.45) is 11.3 Å². The summed E-state index contributed by atoms with van der Waals surface area (Å²) in [4.78, 5) is 0. The summed E-state index contributed by atoms with van der Waals surface area (Å²) in [6, 6.07) is 10.7. The second kappa shape index (κ2) is 4.65. The Labute approximate surface area is 115 Å². The third-order valence-corrected chi connectivity index (χ3v) is 4.84. The molecule has 2 saturated carbocycles. The highest BCUT2D eigenvalue weighted by atomic mass is 16.3. The number of rotatable bonds is 3. The number of hydrogen-bond donors (Lipinski definition) is 1. The van der Waals surface area contributed by atoms with Crippen molar-refractivity contribution in [1.82, 2.24) is 0 Å². The normalized spacial score (nSPS) is 31.9. The van der Waals surface area contributed by atoms with Gasteiger partial charge in [0.2, 0.25) is 0 Å². The molecule has 0 saturated heterocycles. The Morgan fingerprint density at radius 2 is 1.95 bits per heavy atom. The molecule has 1 aromatic carbocycles. The molecule has 0 heterocycles. The van der Waals surface area contributed by atoms with Gasteiger partial charge in [-0.25, -0.2) is 0 Å². The van der Waals surface area contributed by atoms with Gasteiger partial charge in [-0.05, 0) is 55.1 Å². The van der Waals surface area contributed by atoms with Gasteiger partial charge in [0.25, 0.3) is 0 Å². The molecule has 19 heavy (non-hydrogen) atoms. The first kappa shape index (κ1) is 12.7. The zero-order valence-electron chi connectivity index (χ0n) is 11.5. The quantitative estimate of drug-likeness (QED) is 0.889. The third-order valence-electron chi connectivity index (χ3n) is 4.84. The summed E-state index contributed by atoms with van der Waals surface area (Å²) < 4.78 is 0. The number of nitrogens with zero attached hydrogens (tertiary/aromatic N) is 1. The SMILES string of the molecule is CC1CCC(C#N)(C(O)c2ccc(C3CC3)cc2)C1. The van der Waals surface area contributed by atoms with Crippen molar-refractivity contribution in [1.29, 1.82) is 5.26 Å². The van der Waals surface area contributed by atoms with E-state index in [1.54, 1.807) is 0 Å². The molecule has 2 nitrogen and oxygen atoms in total. The van der Waals surface area contributed by atoms with Gasteiger partial charge >= 0.3 is 0 Å². The summed E-state index contributed by atoms with van der Waals surface area (Å²) in [5.74, 6) is 1.28. The molecule has 3 atom stereocenters. The van der Waals surface area contributed by atoms with Crippen LogP contribution >= 0.6 is 0 Å². The zero-order chi connectivity index (χ0) is 13.5. The first-order valence-electron chi connectivity index (χ1n) is 7.34.